The molecule has 158 valence electrons. The number of piperazine rings is 1. The zero-order valence-electron chi connectivity index (χ0n) is 16.4. The van der Waals surface area contributed by atoms with Crippen LogP contribution in [0.5, 0.6) is 0 Å². The molecule has 1 saturated heterocycles. The summed E-state index contributed by atoms with van der Waals surface area (Å²) in [6.45, 7) is 3.03. The summed E-state index contributed by atoms with van der Waals surface area (Å²) < 4.78 is 38.6. The number of imide groups is 1. The van der Waals surface area contributed by atoms with E-state index in [1.807, 2.05) is 4.90 Å². The van der Waals surface area contributed by atoms with Gasteiger partial charge < -0.3 is 10.2 Å². The molecular formula is C19H24F3N5O2. The number of aliphatic imine (C=N–C) groups is 1. The first-order valence-electron chi connectivity index (χ1n) is 9.45. The molecule has 1 fully saturated rings. The van der Waals surface area contributed by atoms with Crippen LogP contribution in [0.4, 0.5) is 13.2 Å². The number of rotatable bonds is 4. The Labute approximate surface area is 167 Å². The van der Waals surface area contributed by atoms with Gasteiger partial charge in [0.25, 0.3) is 11.8 Å². The van der Waals surface area contributed by atoms with E-state index in [-0.39, 0.29) is 31.4 Å². The van der Waals surface area contributed by atoms with Crippen molar-refractivity contribution in [3.05, 3.63) is 35.4 Å². The van der Waals surface area contributed by atoms with Crippen LogP contribution < -0.4 is 5.32 Å². The second-order valence-electron chi connectivity index (χ2n) is 7.02. The van der Waals surface area contributed by atoms with E-state index >= 15 is 0 Å². The summed E-state index contributed by atoms with van der Waals surface area (Å²) in [6.07, 6.45) is -4.24. The normalized spacial score (nSPS) is 19.6. The van der Waals surface area contributed by atoms with Crippen molar-refractivity contribution in [1.29, 1.82) is 0 Å². The van der Waals surface area contributed by atoms with Crippen molar-refractivity contribution in [2.24, 2.45) is 4.99 Å². The van der Waals surface area contributed by atoms with Crippen LogP contribution in [0.2, 0.25) is 0 Å². The molecule has 1 unspecified atom stereocenters. The summed E-state index contributed by atoms with van der Waals surface area (Å²) in [5.74, 6) is -0.102. The number of alkyl halides is 3. The number of hydrogen-bond acceptors (Lipinski definition) is 4. The van der Waals surface area contributed by atoms with Gasteiger partial charge in [-0.25, -0.2) is 0 Å². The van der Waals surface area contributed by atoms with Gasteiger partial charge in [0.2, 0.25) is 0 Å². The lowest BCUT2D eigenvalue weighted by Gasteiger charge is -2.39. The van der Waals surface area contributed by atoms with E-state index in [0.717, 1.165) is 0 Å². The molecule has 2 amide bonds. The lowest BCUT2D eigenvalue weighted by molar-refractivity contribution is -0.181. The molecule has 3 rings (SSSR count). The Bertz CT molecular complexity index is 768. The van der Waals surface area contributed by atoms with Crippen molar-refractivity contribution in [3.63, 3.8) is 0 Å². The second-order valence-corrected chi connectivity index (χ2v) is 7.02. The summed E-state index contributed by atoms with van der Waals surface area (Å²) >= 11 is 0. The molecule has 2 aliphatic heterocycles. The molecular weight excluding hydrogens is 387 g/mol. The number of fused-ring (bicyclic) bond motifs is 1. The Kier molecular flexibility index (Phi) is 6.11. The zero-order valence-corrected chi connectivity index (χ0v) is 16.4. The zero-order chi connectivity index (χ0) is 21.2. The number of carbonyl (C=O) groups excluding carboxylic acids is 2. The van der Waals surface area contributed by atoms with Crippen LogP contribution in [0, 0.1) is 0 Å². The molecule has 0 spiro atoms. The molecule has 1 N–H and O–H groups in total. The first kappa shape index (κ1) is 21.1. The molecule has 0 aliphatic carbocycles. The highest BCUT2D eigenvalue weighted by atomic mass is 19.4. The van der Waals surface area contributed by atoms with Gasteiger partial charge in [0.15, 0.2) is 5.96 Å². The maximum Gasteiger partial charge on any atom is 0.403 e. The number of amides is 2. The molecule has 1 aromatic carbocycles. The SMILES string of the molecule is CN=C(NCCN1C(=O)c2ccccc2C1=O)N1CCN(C(C)C(F)(F)F)CC1. The largest absolute Gasteiger partial charge is 0.403 e. The molecule has 10 heteroatoms. The van der Waals surface area contributed by atoms with Gasteiger partial charge in [-0.3, -0.25) is 24.4 Å². The van der Waals surface area contributed by atoms with Crippen molar-refractivity contribution in [2.45, 2.75) is 19.1 Å². The van der Waals surface area contributed by atoms with E-state index in [2.05, 4.69) is 10.3 Å². The first-order chi connectivity index (χ1) is 13.7. The summed E-state index contributed by atoms with van der Waals surface area (Å²) in [4.78, 5) is 33.4. The minimum absolute atomic E-state index is 0.177. The van der Waals surface area contributed by atoms with Crippen LogP contribution in [-0.4, -0.2) is 91.0 Å². The Morgan fingerprint density at radius 3 is 2.14 bits per heavy atom. The van der Waals surface area contributed by atoms with Crippen LogP contribution in [0.15, 0.2) is 29.3 Å². The summed E-state index contributed by atoms with van der Waals surface area (Å²) in [5.41, 5.74) is 0.800. The van der Waals surface area contributed by atoms with E-state index in [0.29, 0.717) is 36.7 Å². The maximum absolute atomic E-state index is 12.9. The number of carbonyl (C=O) groups is 2. The lowest BCUT2D eigenvalue weighted by atomic mass is 10.1. The average Bonchev–Trinajstić information content (AvgIpc) is 2.95. The third kappa shape index (κ3) is 4.36. The standard InChI is InChI=1S/C19H24F3N5O2/c1-13(19(20,21)22)25-9-11-26(12-10-25)18(23-2)24-7-8-27-16(28)14-5-3-4-6-15(14)17(27)29/h3-6,13H,7-12H2,1-2H3,(H,23,24). The fraction of sp³-hybridized carbons (Fsp3) is 0.526. The number of halogens is 3. The summed E-state index contributed by atoms with van der Waals surface area (Å²) in [6, 6.07) is 5.21. The molecule has 1 atom stereocenters. The van der Waals surface area contributed by atoms with Gasteiger partial charge in [-0.2, -0.15) is 13.2 Å². The van der Waals surface area contributed by atoms with Crippen molar-refractivity contribution < 1.29 is 22.8 Å². The number of nitrogens with zero attached hydrogens (tertiary/aromatic N) is 4. The molecule has 0 radical (unpaired) electrons. The minimum atomic E-state index is -4.24. The highest BCUT2D eigenvalue weighted by molar-refractivity contribution is 6.21. The third-order valence-corrected chi connectivity index (χ3v) is 5.34. The predicted molar refractivity (Wildman–Crippen MR) is 102 cm³/mol. The van der Waals surface area contributed by atoms with Crippen LogP contribution in [0.25, 0.3) is 0 Å². The van der Waals surface area contributed by atoms with Crippen LogP contribution >= 0.6 is 0 Å². The van der Waals surface area contributed by atoms with E-state index < -0.39 is 12.2 Å². The minimum Gasteiger partial charge on any atom is -0.354 e. The van der Waals surface area contributed by atoms with Crippen LogP contribution in [0.3, 0.4) is 0 Å². The Morgan fingerprint density at radius 1 is 1.10 bits per heavy atom. The van der Waals surface area contributed by atoms with Gasteiger partial charge in [-0.15, -0.1) is 0 Å². The van der Waals surface area contributed by atoms with Gasteiger partial charge in [0.1, 0.15) is 6.04 Å². The Morgan fingerprint density at radius 2 is 1.66 bits per heavy atom. The fourth-order valence-corrected chi connectivity index (χ4v) is 3.58. The van der Waals surface area contributed by atoms with Gasteiger partial charge in [0, 0.05) is 46.3 Å². The van der Waals surface area contributed by atoms with E-state index in [9.17, 15) is 22.8 Å². The highest BCUT2D eigenvalue weighted by Gasteiger charge is 2.41. The number of nitrogens with one attached hydrogen (secondary N) is 1. The molecule has 0 bridgehead atoms. The molecule has 0 saturated carbocycles. The number of benzene rings is 1. The monoisotopic (exact) mass is 411 g/mol. The molecule has 1 aromatic rings. The molecule has 7 nitrogen and oxygen atoms in total. The van der Waals surface area contributed by atoms with Crippen LogP contribution in [0.1, 0.15) is 27.6 Å². The smallest absolute Gasteiger partial charge is 0.354 e. The number of hydrogen-bond donors (Lipinski definition) is 1. The topological polar surface area (TPSA) is 68.2 Å². The number of guanidine groups is 1. The highest BCUT2D eigenvalue weighted by Crippen LogP contribution is 2.25. The molecule has 0 aromatic heterocycles. The quantitative estimate of drug-likeness (QED) is 0.461. The Balaban J connectivity index is 1.50. The van der Waals surface area contributed by atoms with Gasteiger partial charge in [0.05, 0.1) is 11.1 Å². The van der Waals surface area contributed by atoms with Gasteiger partial charge in [-0.05, 0) is 19.1 Å². The van der Waals surface area contributed by atoms with Crippen LogP contribution in [-0.2, 0) is 0 Å². The van der Waals surface area contributed by atoms with E-state index in [1.54, 1.807) is 31.3 Å². The predicted octanol–water partition coefficient (Wildman–Crippen LogP) is 1.43. The summed E-state index contributed by atoms with van der Waals surface area (Å²) in [7, 11) is 1.59. The maximum atomic E-state index is 12.9. The van der Waals surface area contributed by atoms with E-state index in [1.165, 1.54) is 16.7 Å². The first-order valence-corrected chi connectivity index (χ1v) is 9.45. The fourth-order valence-electron chi connectivity index (χ4n) is 3.58. The van der Waals surface area contributed by atoms with Gasteiger partial charge >= 0.3 is 6.18 Å². The van der Waals surface area contributed by atoms with Gasteiger partial charge in [-0.1, -0.05) is 12.1 Å². The van der Waals surface area contributed by atoms with Crippen molar-refractivity contribution in [1.82, 2.24) is 20.0 Å². The van der Waals surface area contributed by atoms with Crippen molar-refractivity contribution in [2.75, 3.05) is 46.3 Å². The molecule has 29 heavy (non-hydrogen) atoms. The summed E-state index contributed by atoms with van der Waals surface area (Å²) in [5, 5.41) is 3.10. The van der Waals surface area contributed by atoms with Crippen molar-refractivity contribution >= 4 is 17.8 Å². The average molecular weight is 411 g/mol. The lowest BCUT2D eigenvalue weighted by Crippen LogP contribution is -2.57. The van der Waals surface area contributed by atoms with E-state index in [4.69, 9.17) is 0 Å². The molecule has 2 aliphatic rings. The Hall–Kier alpha value is -2.62. The third-order valence-electron chi connectivity index (χ3n) is 5.34. The second kappa shape index (κ2) is 8.40. The molecule has 2 heterocycles. The van der Waals surface area contributed by atoms with Crippen molar-refractivity contribution in [3.8, 4) is 0 Å².